The number of hydrazine groups is 1. The molecule has 10 heteroatoms. The molecule has 0 saturated heterocycles. The van der Waals surface area contributed by atoms with Gasteiger partial charge in [0.1, 0.15) is 5.75 Å². The summed E-state index contributed by atoms with van der Waals surface area (Å²) in [5.74, 6) is -0.243. The fourth-order valence-electron chi connectivity index (χ4n) is 2.22. The summed E-state index contributed by atoms with van der Waals surface area (Å²) in [7, 11) is 0. The minimum absolute atomic E-state index is 0.0891. The van der Waals surface area contributed by atoms with Crippen molar-refractivity contribution >= 4 is 51.1 Å². The van der Waals surface area contributed by atoms with Crippen LogP contribution in [0.5, 0.6) is 5.75 Å². The first kappa shape index (κ1) is 21.2. The van der Waals surface area contributed by atoms with Crippen molar-refractivity contribution in [2.45, 2.75) is 5.16 Å². The number of halogens is 2. The Labute approximate surface area is 184 Å². The predicted octanol–water partition coefficient (Wildman–Crippen LogP) is 3.61. The van der Waals surface area contributed by atoms with Crippen molar-refractivity contribution in [3.05, 3.63) is 70.4 Å². The first-order valence-electron chi connectivity index (χ1n) is 8.39. The Hall–Kier alpha value is -2.49. The highest BCUT2D eigenvalue weighted by molar-refractivity contribution is 9.10. The summed E-state index contributed by atoms with van der Waals surface area (Å²) in [6.07, 6.45) is 3.48. The van der Waals surface area contributed by atoms with Crippen LogP contribution in [-0.4, -0.2) is 33.7 Å². The van der Waals surface area contributed by atoms with E-state index in [1.54, 1.807) is 30.5 Å². The lowest BCUT2D eigenvalue weighted by molar-refractivity contribution is -0.128. The van der Waals surface area contributed by atoms with Gasteiger partial charge in [0, 0.05) is 27.6 Å². The number of nitrogens with zero attached hydrogens (tertiary/aromatic N) is 2. The molecule has 3 rings (SSSR count). The van der Waals surface area contributed by atoms with Crippen LogP contribution < -0.4 is 15.6 Å². The number of hydrogen-bond donors (Lipinski definition) is 2. The summed E-state index contributed by atoms with van der Waals surface area (Å²) in [4.78, 5) is 28.1. The zero-order chi connectivity index (χ0) is 20.6. The molecule has 150 valence electrons. The molecule has 0 aliphatic carbocycles. The largest absolute Gasteiger partial charge is 0.484 e. The first-order chi connectivity index (χ1) is 14.0. The molecule has 29 heavy (non-hydrogen) atoms. The minimum atomic E-state index is -0.477. The Morgan fingerprint density at radius 1 is 1.07 bits per heavy atom. The van der Waals surface area contributed by atoms with Crippen molar-refractivity contribution in [3.63, 3.8) is 0 Å². The van der Waals surface area contributed by atoms with Gasteiger partial charge in [0.2, 0.25) is 5.91 Å². The number of carbonyl (C=O) groups is 2. The van der Waals surface area contributed by atoms with Crippen molar-refractivity contribution in [2.24, 2.45) is 0 Å². The van der Waals surface area contributed by atoms with Gasteiger partial charge in [-0.1, -0.05) is 39.3 Å². The molecule has 0 bridgehead atoms. The van der Waals surface area contributed by atoms with Gasteiger partial charge in [-0.05, 0) is 48.5 Å². The maximum absolute atomic E-state index is 12.0. The minimum Gasteiger partial charge on any atom is -0.484 e. The number of ether oxygens (including phenoxy) is 1. The molecule has 2 N–H and O–H groups in total. The van der Waals surface area contributed by atoms with Crippen LogP contribution in [-0.2, 0) is 9.59 Å². The van der Waals surface area contributed by atoms with Crippen LogP contribution in [0.1, 0.15) is 0 Å². The maximum atomic E-state index is 12.0. The van der Waals surface area contributed by atoms with Gasteiger partial charge in [-0.2, -0.15) is 0 Å². The molecule has 1 heterocycles. The van der Waals surface area contributed by atoms with Crippen LogP contribution in [0.3, 0.4) is 0 Å². The molecule has 0 aliphatic rings. The van der Waals surface area contributed by atoms with Crippen molar-refractivity contribution in [1.29, 1.82) is 0 Å². The monoisotopic (exact) mass is 494 g/mol. The molecule has 2 aromatic carbocycles. The predicted molar refractivity (Wildman–Crippen MR) is 115 cm³/mol. The van der Waals surface area contributed by atoms with Crippen LogP contribution in [0.15, 0.2) is 70.6 Å². The zero-order valence-corrected chi connectivity index (χ0v) is 18.1. The van der Waals surface area contributed by atoms with Crippen LogP contribution >= 0.6 is 39.3 Å². The Bertz CT molecular complexity index is 980. The van der Waals surface area contributed by atoms with Gasteiger partial charge >= 0.3 is 0 Å². The van der Waals surface area contributed by atoms with Gasteiger partial charge < -0.3 is 4.74 Å². The highest BCUT2D eigenvalue weighted by Crippen LogP contribution is 2.21. The molecule has 0 unspecified atom stereocenters. The number of nitrogens with one attached hydrogen (secondary N) is 2. The van der Waals surface area contributed by atoms with E-state index in [-0.39, 0.29) is 18.3 Å². The van der Waals surface area contributed by atoms with E-state index in [2.05, 4.69) is 31.8 Å². The maximum Gasteiger partial charge on any atom is 0.276 e. The Kier molecular flexibility index (Phi) is 7.56. The average Bonchev–Trinajstić information content (AvgIpc) is 3.19. The number of imidazole rings is 1. The molecule has 0 fully saturated rings. The van der Waals surface area contributed by atoms with Gasteiger partial charge in [0.05, 0.1) is 5.75 Å². The second-order valence-corrected chi connectivity index (χ2v) is 7.98. The lowest BCUT2D eigenvalue weighted by Crippen LogP contribution is -2.44. The fraction of sp³-hybridized carbons (Fsp3) is 0.105. The second kappa shape index (κ2) is 10.3. The average molecular weight is 496 g/mol. The number of rotatable bonds is 7. The Balaban J connectivity index is 1.42. The van der Waals surface area contributed by atoms with Crippen LogP contribution in [0.2, 0.25) is 5.02 Å². The third-order valence-electron chi connectivity index (χ3n) is 3.57. The normalized spacial score (nSPS) is 10.4. The van der Waals surface area contributed by atoms with Gasteiger partial charge in [-0.3, -0.25) is 25.0 Å². The number of carbonyl (C=O) groups excluding carboxylic acids is 2. The van der Waals surface area contributed by atoms with Gasteiger partial charge in [0.15, 0.2) is 11.8 Å². The quantitative estimate of drug-likeness (QED) is 0.386. The van der Waals surface area contributed by atoms with E-state index in [0.29, 0.717) is 15.9 Å². The molecular weight excluding hydrogens is 480 g/mol. The van der Waals surface area contributed by atoms with Crippen molar-refractivity contribution in [3.8, 4) is 11.4 Å². The standard InChI is InChI=1S/C19H16BrClN4O3S/c20-13-1-5-15(6-2-13)25-10-9-22-19(25)29-12-18(27)24-23-17(26)11-28-16-7-3-14(21)4-8-16/h1-10H,11-12H2,(H,23,26)(H,24,27). The van der Waals surface area contributed by atoms with Crippen molar-refractivity contribution in [2.75, 3.05) is 12.4 Å². The number of benzene rings is 2. The van der Waals surface area contributed by atoms with Gasteiger partial charge in [-0.25, -0.2) is 4.98 Å². The SMILES string of the molecule is O=C(COc1ccc(Cl)cc1)NNC(=O)CSc1nccn1-c1ccc(Br)cc1. The summed E-state index contributed by atoms with van der Waals surface area (Å²) in [6.45, 7) is -0.233. The number of thioether (sulfide) groups is 1. The molecule has 0 aliphatic heterocycles. The van der Waals surface area contributed by atoms with E-state index in [0.717, 1.165) is 10.2 Å². The molecule has 0 radical (unpaired) electrons. The third kappa shape index (κ3) is 6.52. The van der Waals surface area contributed by atoms with E-state index in [1.165, 1.54) is 11.8 Å². The zero-order valence-electron chi connectivity index (χ0n) is 15.0. The Morgan fingerprint density at radius 3 is 2.48 bits per heavy atom. The third-order valence-corrected chi connectivity index (χ3v) is 5.32. The van der Waals surface area contributed by atoms with E-state index >= 15 is 0 Å². The number of aromatic nitrogens is 2. The fourth-order valence-corrected chi connectivity index (χ4v) is 3.38. The smallest absolute Gasteiger partial charge is 0.276 e. The van der Waals surface area contributed by atoms with E-state index < -0.39 is 5.91 Å². The van der Waals surface area contributed by atoms with Crippen molar-refractivity contribution in [1.82, 2.24) is 20.4 Å². The molecule has 1 aromatic heterocycles. The van der Waals surface area contributed by atoms with Crippen LogP contribution in [0, 0.1) is 0 Å². The molecular formula is C19H16BrClN4O3S. The topological polar surface area (TPSA) is 85.2 Å². The summed E-state index contributed by atoms with van der Waals surface area (Å²) in [5, 5.41) is 1.24. The lowest BCUT2D eigenvalue weighted by atomic mass is 10.3. The van der Waals surface area contributed by atoms with Gasteiger partial charge in [0.25, 0.3) is 5.91 Å². The second-order valence-electron chi connectivity index (χ2n) is 5.68. The number of amides is 2. The highest BCUT2D eigenvalue weighted by Gasteiger charge is 2.10. The van der Waals surface area contributed by atoms with Crippen LogP contribution in [0.4, 0.5) is 0 Å². The molecule has 3 aromatic rings. The number of hydrogen-bond acceptors (Lipinski definition) is 5. The Morgan fingerprint density at radius 2 is 1.76 bits per heavy atom. The summed E-state index contributed by atoms with van der Waals surface area (Å²) in [5.41, 5.74) is 5.60. The molecule has 0 saturated carbocycles. The summed E-state index contributed by atoms with van der Waals surface area (Å²) in [6, 6.07) is 14.4. The molecule has 0 atom stereocenters. The molecule has 0 spiro atoms. The first-order valence-corrected chi connectivity index (χ1v) is 10.5. The highest BCUT2D eigenvalue weighted by atomic mass is 79.9. The summed E-state index contributed by atoms with van der Waals surface area (Å²) >= 11 is 10.4. The summed E-state index contributed by atoms with van der Waals surface area (Å²) < 4.78 is 8.16. The van der Waals surface area contributed by atoms with E-state index in [4.69, 9.17) is 16.3 Å². The molecule has 2 amide bonds. The van der Waals surface area contributed by atoms with E-state index in [9.17, 15) is 9.59 Å². The van der Waals surface area contributed by atoms with Gasteiger partial charge in [-0.15, -0.1) is 0 Å². The van der Waals surface area contributed by atoms with Crippen molar-refractivity contribution < 1.29 is 14.3 Å². The van der Waals surface area contributed by atoms with Crippen LogP contribution in [0.25, 0.3) is 5.69 Å². The van der Waals surface area contributed by atoms with E-state index in [1.807, 2.05) is 35.0 Å². The molecule has 7 nitrogen and oxygen atoms in total. The lowest BCUT2D eigenvalue weighted by Gasteiger charge is -2.10.